The molecular formula is C23H28N4O3. The minimum absolute atomic E-state index is 0.252. The number of esters is 1. The lowest BCUT2D eigenvalue weighted by Crippen LogP contribution is -2.35. The van der Waals surface area contributed by atoms with E-state index >= 15 is 0 Å². The van der Waals surface area contributed by atoms with E-state index in [1.54, 1.807) is 13.3 Å². The van der Waals surface area contributed by atoms with Crippen LogP contribution in [0.25, 0.3) is 0 Å². The van der Waals surface area contributed by atoms with Crippen LogP contribution < -0.4 is 4.90 Å². The van der Waals surface area contributed by atoms with Crippen LogP contribution in [0.1, 0.15) is 31.2 Å². The van der Waals surface area contributed by atoms with Crippen molar-refractivity contribution in [2.75, 3.05) is 39.2 Å². The molecule has 2 fully saturated rings. The van der Waals surface area contributed by atoms with E-state index in [2.05, 4.69) is 28.9 Å². The summed E-state index contributed by atoms with van der Waals surface area (Å²) in [5, 5.41) is 0. The van der Waals surface area contributed by atoms with Gasteiger partial charge in [0.2, 0.25) is 5.90 Å². The second-order valence-corrected chi connectivity index (χ2v) is 8.73. The molecule has 0 aromatic carbocycles. The molecule has 1 saturated heterocycles. The van der Waals surface area contributed by atoms with Gasteiger partial charge in [-0.05, 0) is 63.1 Å². The Morgan fingerprint density at radius 2 is 2.10 bits per heavy atom. The molecule has 4 aliphatic rings. The van der Waals surface area contributed by atoms with Crippen molar-refractivity contribution in [3.63, 3.8) is 0 Å². The largest absolute Gasteiger partial charge is 0.501 e. The summed E-state index contributed by atoms with van der Waals surface area (Å²) in [7, 11) is 5.90. The lowest BCUT2D eigenvalue weighted by atomic mass is 9.88. The number of hydrogen-bond donors (Lipinski definition) is 0. The van der Waals surface area contributed by atoms with Gasteiger partial charge in [0.25, 0.3) is 0 Å². The molecule has 5 rings (SSSR count). The second-order valence-electron chi connectivity index (χ2n) is 8.73. The summed E-state index contributed by atoms with van der Waals surface area (Å²) in [4.78, 5) is 27.1. The van der Waals surface area contributed by atoms with Crippen molar-refractivity contribution < 1.29 is 14.3 Å². The monoisotopic (exact) mass is 408 g/mol. The van der Waals surface area contributed by atoms with Crippen LogP contribution in [-0.2, 0) is 14.3 Å². The fourth-order valence-electron chi connectivity index (χ4n) is 4.64. The number of aliphatic imine (C=N–C) groups is 1. The Balaban J connectivity index is 1.50. The molecular weight excluding hydrogens is 380 g/mol. The zero-order valence-electron chi connectivity index (χ0n) is 17.8. The number of carbonyl (C=O) groups excluding carboxylic acids is 1. The van der Waals surface area contributed by atoms with Crippen LogP contribution in [0.3, 0.4) is 0 Å². The van der Waals surface area contributed by atoms with E-state index in [-0.39, 0.29) is 12.0 Å². The first-order valence-corrected chi connectivity index (χ1v) is 10.7. The Morgan fingerprint density at radius 3 is 2.80 bits per heavy atom. The van der Waals surface area contributed by atoms with Crippen LogP contribution in [0.15, 0.2) is 46.3 Å². The lowest BCUT2D eigenvalue weighted by Gasteiger charge is -2.29. The maximum absolute atomic E-state index is 13.1. The summed E-state index contributed by atoms with van der Waals surface area (Å²) in [6, 6.07) is 4.05. The van der Waals surface area contributed by atoms with Gasteiger partial charge in [-0.2, -0.15) is 0 Å². The van der Waals surface area contributed by atoms with Crippen molar-refractivity contribution in [1.29, 1.82) is 0 Å². The number of aromatic nitrogens is 1. The van der Waals surface area contributed by atoms with Crippen molar-refractivity contribution in [1.82, 2.24) is 9.88 Å². The highest BCUT2D eigenvalue weighted by atomic mass is 16.5. The number of nitrogens with zero attached hydrogens (tertiary/aromatic N) is 4. The maximum Gasteiger partial charge on any atom is 0.343 e. The molecule has 2 aliphatic heterocycles. The van der Waals surface area contributed by atoms with Crippen LogP contribution in [0.2, 0.25) is 0 Å². The third-order valence-corrected chi connectivity index (χ3v) is 6.53. The molecule has 7 nitrogen and oxygen atoms in total. The third kappa shape index (κ3) is 3.41. The number of likely N-dealkylation sites (N-methyl/N-ethyl adjacent to an activating group) is 1. The van der Waals surface area contributed by atoms with E-state index < -0.39 is 0 Å². The summed E-state index contributed by atoms with van der Waals surface area (Å²) in [5.41, 5.74) is 2.54. The van der Waals surface area contributed by atoms with Gasteiger partial charge in [0.15, 0.2) is 0 Å². The second kappa shape index (κ2) is 7.54. The molecule has 0 amide bonds. The molecule has 2 atom stereocenters. The van der Waals surface area contributed by atoms with Gasteiger partial charge < -0.3 is 19.3 Å². The van der Waals surface area contributed by atoms with Gasteiger partial charge in [-0.1, -0.05) is 0 Å². The topological polar surface area (TPSA) is 67.3 Å². The fraction of sp³-hybridized carbons (Fsp3) is 0.522. The van der Waals surface area contributed by atoms with Crippen LogP contribution in [0, 0.1) is 5.92 Å². The Kier molecular flexibility index (Phi) is 4.85. The number of rotatable bonds is 5. The van der Waals surface area contributed by atoms with Crippen molar-refractivity contribution in [2.45, 2.75) is 37.8 Å². The quantitative estimate of drug-likeness (QED) is 0.698. The summed E-state index contributed by atoms with van der Waals surface area (Å²) in [5.74, 6) is 2.24. The average molecular weight is 409 g/mol. The van der Waals surface area contributed by atoms with Gasteiger partial charge in [0.1, 0.15) is 5.82 Å². The predicted molar refractivity (Wildman–Crippen MR) is 114 cm³/mol. The predicted octanol–water partition coefficient (Wildman–Crippen LogP) is 2.53. The van der Waals surface area contributed by atoms with Crippen LogP contribution >= 0.6 is 0 Å². The van der Waals surface area contributed by atoms with Crippen molar-refractivity contribution in [2.24, 2.45) is 10.9 Å². The van der Waals surface area contributed by atoms with Gasteiger partial charge in [-0.15, -0.1) is 0 Å². The number of carbonyl (C=O) groups is 1. The van der Waals surface area contributed by atoms with Crippen molar-refractivity contribution in [3.05, 3.63) is 46.9 Å². The van der Waals surface area contributed by atoms with Gasteiger partial charge >= 0.3 is 5.97 Å². The molecule has 0 N–H and O–H groups in total. The Labute approximate surface area is 177 Å². The van der Waals surface area contributed by atoms with Gasteiger partial charge in [0, 0.05) is 31.7 Å². The first-order valence-electron chi connectivity index (χ1n) is 10.7. The number of anilines is 1. The summed E-state index contributed by atoms with van der Waals surface area (Å²) >= 11 is 0. The molecule has 0 spiro atoms. The molecule has 30 heavy (non-hydrogen) atoms. The van der Waals surface area contributed by atoms with Crippen molar-refractivity contribution >= 4 is 17.7 Å². The Hall–Kier alpha value is -2.67. The fourth-order valence-corrected chi connectivity index (χ4v) is 4.64. The lowest BCUT2D eigenvalue weighted by molar-refractivity contribution is -0.132. The first kappa shape index (κ1) is 19.3. The average Bonchev–Trinajstić information content (AvgIpc) is 3.48. The molecule has 7 heteroatoms. The smallest absolute Gasteiger partial charge is 0.343 e. The standard InChI is InChI=1S/C23H28N4O3/c1-26(2)15-8-10-27(13-15)21-17(5-4-9-24-21)22-25-19-12-16(29-3)11-18(14-6-7-14)20(19)23(28)30-22/h4-5,9,11,14-15,19H,6-8,10,12-13H2,1-3H3/t15-,19?/m0/s1. The first-order chi connectivity index (χ1) is 14.5. The van der Waals surface area contributed by atoms with E-state index in [0.29, 0.717) is 29.9 Å². The van der Waals surface area contributed by atoms with E-state index in [9.17, 15) is 4.79 Å². The van der Waals surface area contributed by atoms with E-state index in [0.717, 1.165) is 55.1 Å². The van der Waals surface area contributed by atoms with Crippen LogP contribution in [0.5, 0.6) is 0 Å². The van der Waals surface area contributed by atoms with E-state index in [1.165, 1.54) is 0 Å². The highest BCUT2D eigenvalue weighted by Gasteiger charge is 2.41. The molecule has 158 valence electrons. The molecule has 1 aromatic heterocycles. The molecule has 1 unspecified atom stereocenters. The highest BCUT2D eigenvalue weighted by Crippen LogP contribution is 2.44. The molecule has 0 bridgehead atoms. The summed E-state index contributed by atoms with van der Waals surface area (Å²) in [6.07, 6.45) is 7.69. The number of ether oxygens (including phenoxy) is 2. The molecule has 1 aromatic rings. The minimum atomic E-state index is -0.277. The summed E-state index contributed by atoms with van der Waals surface area (Å²) in [6.45, 7) is 1.82. The van der Waals surface area contributed by atoms with Gasteiger partial charge in [-0.25, -0.2) is 14.8 Å². The minimum Gasteiger partial charge on any atom is -0.501 e. The Morgan fingerprint density at radius 1 is 1.27 bits per heavy atom. The molecule has 2 aliphatic carbocycles. The zero-order chi connectivity index (χ0) is 20.8. The number of allylic oxidation sites excluding steroid dienone is 2. The van der Waals surface area contributed by atoms with Gasteiger partial charge in [-0.3, -0.25) is 0 Å². The molecule has 3 heterocycles. The van der Waals surface area contributed by atoms with E-state index in [1.807, 2.05) is 18.2 Å². The molecule has 0 radical (unpaired) electrons. The number of cyclic esters (lactones) is 1. The zero-order valence-corrected chi connectivity index (χ0v) is 17.8. The van der Waals surface area contributed by atoms with Crippen LogP contribution in [-0.4, -0.2) is 68.1 Å². The number of pyridine rings is 1. The Bertz CT molecular complexity index is 961. The summed E-state index contributed by atoms with van der Waals surface area (Å²) < 4.78 is 11.3. The highest BCUT2D eigenvalue weighted by molar-refractivity contribution is 6.10. The van der Waals surface area contributed by atoms with Gasteiger partial charge in [0.05, 0.1) is 30.0 Å². The van der Waals surface area contributed by atoms with E-state index in [4.69, 9.17) is 14.5 Å². The normalized spacial score (nSPS) is 26.4. The SMILES string of the molecule is COC1=CC(C2CC2)=C2C(=O)OC(c3cccnc3N3CC[C@H](N(C)C)C3)=NC2C1. The number of hydrogen-bond acceptors (Lipinski definition) is 7. The maximum atomic E-state index is 13.1. The van der Waals surface area contributed by atoms with Crippen LogP contribution in [0.4, 0.5) is 5.82 Å². The third-order valence-electron chi connectivity index (χ3n) is 6.53. The number of methoxy groups -OCH3 is 1. The number of fused-ring (bicyclic) bond motifs is 1. The van der Waals surface area contributed by atoms with Crippen molar-refractivity contribution in [3.8, 4) is 0 Å². The molecule has 1 saturated carbocycles.